The lowest BCUT2D eigenvalue weighted by Crippen LogP contribution is -2.06. The maximum Gasteiger partial charge on any atom is 0.00184 e. The maximum absolute atomic E-state index is 2.51. The van der Waals surface area contributed by atoms with E-state index >= 15 is 0 Å². The normalized spacial score (nSPS) is 33.6. The third-order valence-corrected chi connectivity index (χ3v) is 3.65. The predicted molar refractivity (Wildman–Crippen MR) is 52.9 cm³/mol. The van der Waals surface area contributed by atoms with Crippen molar-refractivity contribution in [1.29, 1.82) is 0 Å². The van der Waals surface area contributed by atoms with Crippen LogP contribution in [0.4, 0.5) is 0 Å². The van der Waals surface area contributed by atoms with Crippen molar-refractivity contribution >= 4 is 0 Å². The fraction of sp³-hybridized carbons (Fsp3) is 0.667. The van der Waals surface area contributed by atoms with Crippen molar-refractivity contribution in [3.8, 4) is 0 Å². The number of rotatable bonds is 1. The molecule has 2 aliphatic carbocycles. The van der Waals surface area contributed by atoms with Crippen molar-refractivity contribution in [2.75, 3.05) is 0 Å². The highest BCUT2D eigenvalue weighted by Gasteiger charge is 2.36. The van der Waals surface area contributed by atoms with Crippen LogP contribution >= 0.6 is 0 Å². The van der Waals surface area contributed by atoms with Gasteiger partial charge in [-0.1, -0.05) is 36.6 Å². The van der Waals surface area contributed by atoms with Crippen LogP contribution in [0.15, 0.2) is 22.8 Å². The molecule has 0 heteroatoms. The minimum absolute atomic E-state index is 0.753. The Morgan fingerprint density at radius 2 is 1.92 bits per heavy atom. The van der Waals surface area contributed by atoms with Gasteiger partial charge in [0.15, 0.2) is 0 Å². The molecule has 0 N–H and O–H groups in total. The first-order chi connectivity index (χ1) is 5.61. The number of hydrogen-bond donors (Lipinski definition) is 0. The molecule has 0 aromatic heterocycles. The summed E-state index contributed by atoms with van der Waals surface area (Å²) in [6, 6.07) is 0. The van der Waals surface area contributed by atoms with E-state index in [1.807, 2.05) is 0 Å². The lowest BCUT2D eigenvalue weighted by atomic mass is 9.86. The first-order valence-electron chi connectivity index (χ1n) is 5.00. The summed E-state index contributed by atoms with van der Waals surface area (Å²) in [6.45, 7) is 9.24. The molecule has 2 atom stereocenters. The van der Waals surface area contributed by atoms with E-state index < -0.39 is 0 Å². The molecule has 2 unspecified atom stereocenters. The molecule has 0 saturated heterocycles. The third-order valence-electron chi connectivity index (χ3n) is 3.65. The van der Waals surface area contributed by atoms with Gasteiger partial charge in [-0.2, -0.15) is 0 Å². The molecule has 0 amide bonds. The molecular weight excluding hydrogens is 144 g/mol. The number of fused-ring (bicyclic) bond motifs is 2. The van der Waals surface area contributed by atoms with Gasteiger partial charge in [0.1, 0.15) is 0 Å². The molecule has 66 valence electrons. The van der Waals surface area contributed by atoms with Gasteiger partial charge in [-0.05, 0) is 32.1 Å². The fourth-order valence-corrected chi connectivity index (χ4v) is 2.70. The Kier molecular flexibility index (Phi) is 1.67. The summed E-state index contributed by atoms with van der Waals surface area (Å²) in [5, 5.41) is 0. The highest BCUT2D eigenvalue weighted by Crippen LogP contribution is 2.49. The van der Waals surface area contributed by atoms with Crippen molar-refractivity contribution in [2.45, 2.75) is 34.1 Å². The van der Waals surface area contributed by atoms with E-state index in [0.29, 0.717) is 0 Å². The van der Waals surface area contributed by atoms with E-state index in [4.69, 9.17) is 0 Å². The summed E-state index contributed by atoms with van der Waals surface area (Å²) in [5.74, 6) is 2.37. The van der Waals surface area contributed by atoms with E-state index in [1.54, 1.807) is 16.7 Å². The number of hydrogen-bond acceptors (Lipinski definition) is 0. The molecule has 2 aliphatic rings. The molecule has 0 aromatic rings. The molecule has 0 aromatic carbocycles. The largest absolute Gasteiger partial charge is 0.0772 e. The van der Waals surface area contributed by atoms with Gasteiger partial charge in [0.2, 0.25) is 0 Å². The zero-order valence-electron chi connectivity index (χ0n) is 8.52. The summed E-state index contributed by atoms with van der Waals surface area (Å²) >= 11 is 0. The highest BCUT2D eigenvalue weighted by molar-refractivity contribution is 5.40. The average Bonchev–Trinajstić information content (AvgIpc) is 2.53. The quantitative estimate of drug-likeness (QED) is 0.517. The summed E-state index contributed by atoms with van der Waals surface area (Å²) in [7, 11) is 0. The summed E-state index contributed by atoms with van der Waals surface area (Å²) in [5.41, 5.74) is 5.00. The van der Waals surface area contributed by atoms with Gasteiger partial charge in [-0.3, -0.25) is 0 Å². The van der Waals surface area contributed by atoms with Crippen molar-refractivity contribution in [2.24, 2.45) is 17.8 Å². The van der Waals surface area contributed by atoms with E-state index in [1.165, 1.54) is 6.42 Å². The molecular formula is C12H18. The van der Waals surface area contributed by atoms with Crippen molar-refractivity contribution in [1.82, 2.24) is 0 Å². The SMILES string of the molecule is CC1=C(C)C2CC1C=C2C(C)C. The third kappa shape index (κ3) is 0.903. The maximum atomic E-state index is 2.51. The van der Waals surface area contributed by atoms with Gasteiger partial charge >= 0.3 is 0 Å². The Morgan fingerprint density at radius 3 is 2.33 bits per heavy atom. The molecule has 12 heavy (non-hydrogen) atoms. The van der Waals surface area contributed by atoms with Crippen LogP contribution < -0.4 is 0 Å². The van der Waals surface area contributed by atoms with Crippen LogP contribution in [0.2, 0.25) is 0 Å². The smallest absolute Gasteiger partial charge is 0.00184 e. The minimum Gasteiger partial charge on any atom is -0.0772 e. The molecule has 0 spiro atoms. The second kappa shape index (κ2) is 2.48. The van der Waals surface area contributed by atoms with Gasteiger partial charge in [0.05, 0.1) is 0 Å². The molecule has 0 nitrogen and oxygen atoms in total. The summed E-state index contributed by atoms with van der Waals surface area (Å²) in [4.78, 5) is 0. The Hall–Kier alpha value is -0.520. The van der Waals surface area contributed by atoms with Crippen molar-refractivity contribution in [3.63, 3.8) is 0 Å². The van der Waals surface area contributed by atoms with Crippen LogP contribution in [-0.4, -0.2) is 0 Å². The van der Waals surface area contributed by atoms with Gasteiger partial charge < -0.3 is 0 Å². The van der Waals surface area contributed by atoms with E-state index in [-0.39, 0.29) is 0 Å². The van der Waals surface area contributed by atoms with Gasteiger partial charge in [0.25, 0.3) is 0 Å². The Bertz CT molecular complexity index is 266. The van der Waals surface area contributed by atoms with Gasteiger partial charge in [-0.25, -0.2) is 0 Å². The molecule has 2 rings (SSSR count). The predicted octanol–water partition coefficient (Wildman–Crippen LogP) is 3.55. The first-order valence-corrected chi connectivity index (χ1v) is 5.00. The zero-order valence-corrected chi connectivity index (χ0v) is 8.52. The van der Waals surface area contributed by atoms with E-state index in [2.05, 4.69) is 33.8 Å². The second-order valence-electron chi connectivity index (χ2n) is 4.58. The van der Waals surface area contributed by atoms with Crippen LogP contribution in [0.5, 0.6) is 0 Å². The lowest BCUT2D eigenvalue weighted by Gasteiger charge is -2.19. The topological polar surface area (TPSA) is 0 Å². The summed E-state index contributed by atoms with van der Waals surface area (Å²) < 4.78 is 0. The lowest BCUT2D eigenvalue weighted by molar-refractivity contribution is 0.618. The van der Waals surface area contributed by atoms with Gasteiger partial charge in [0, 0.05) is 5.92 Å². The average molecular weight is 162 g/mol. The highest BCUT2D eigenvalue weighted by atomic mass is 14.4. The van der Waals surface area contributed by atoms with Crippen molar-refractivity contribution < 1.29 is 0 Å². The molecule has 0 fully saturated rings. The fourth-order valence-electron chi connectivity index (χ4n) is 2.70. The van der Waals surface area contributed by atoms with E-state index in [0.717, 1.165) is 17.8 Å². The molecule has 0 saturated carbocycles. The Labute approximate surface area is 75.4 Å². The first kappa shape index (κ1) is 8.10. The minimum atomic E-state index is 0.753. The molecule has 0 heterocycles. The second-order valence-corrected chi connectivity index (χ2v) is 4.58. The van der Waals surface area contributed by atoms with Crippen LogP contribution in [0, 0.1) is 17.8 Å². The monoisotopic (exact) mass is 162 g/mol. The van der Waals surface area contributed by atoms with E-state index in [9.17, 15) is 0 Å². The standard InChI is InChI=1S/C12H18/c1-7(2)11-5-10-6-12(11)9(4)8(10)3/h5,7,10,12H,6H2,1-4H3. The van der Waals surface area contributed by atoms with Crippen LogP contribution in [0.1, 0.15) is 34.1 Å². The molecule has 0 radical (unpaired) electrons. The summed E-state index contributed by atoms with van der Waals surface area (Å²) in [6.07, 6.45) is 3.89. The van der Waals surface area contributed by atoms with Crippen LogP contribution in [-0.2, 0) is 0 Å². The van der Waals surface area contributed by atoms with Crippen LogP contribution in [0.25, 0.3) is 0 Å². The van der Waals surface area contributed by atoms with Crippen molar-refractivity contribution in [3.05, 3.63) is 22.8 Å². The number of allylic oxidation sites excluding steroid dienone is 4. The van der Waals surface area contributed by atoms with Crippen LogP contribution in [0.3, 0.4) is 0 Å². The van der Waals surface area contributed by atoms with Gasteiger partial charge in [-0.15, -0.1) is 0 Å². The molecule has 0 aliphatic heterocycles. The Balaban J connectivity index is 2.30. The molecule has 2 bridgehead atoms. The Morgan fingerprint density at radius 1 is 1.25 bits per heavy atom. The zero-order chi connectivity index (χ0) is 8.88.